The zero-order valence-corrected chi connectivity index (χ0v) is 19.1. The second kappa shape index (κ2) is 8.24. The van der Waals surface area contributed by atoms with Crippen molar-refractivity contribution in [1.82, 2.24) is 29.1 Å². The minimum Gasteiger partial charge on any atom is -0.287 e. The number of aromatic nitrogens is 6. The van der Waals surface area contributed by atoms with E-state index in [0.29, 0.717) is 29.6 Å². The van der Waals surface area contributed by atoms with Crippen LogP contribution in [0.25, 0.3) is 10.9 Å². The molecule has 178 valence electrons. The van der Waals surface area contributed by atoms with Crippen molar-refractivity contribution in [2.75, 3.05) is 11.0 Å². The number of aryl methyl sites for hydroxylation is 1. The molecule has 0 saturated heterocycles. The Bertz CT molecular complexity index is 1560. The molecule has 0 amide bonds. The lowest BCUT2D eigenvalue weighted by Crippen LogP contribution is -2.41. The van der Waals surface area contributed by atoms with E-state index in [1.165, 1.54) is 22.8 Å². The molecule has 13 heteroatoms. The standard InChI is InChI=1S/C21H22FN7O4S/c1-26-10-14(9-24-26)11-28-19(30)17-8-16(29(34(32)33)21(13-22)5-6-21)2-3-18(17)27(20(28)31)12-15-4-7-23-25-15/h2-4,7-10,34H,5-6,11-13H2,1H3,(H,23,25). The van der Waals surface area contributed by atoms with Crippen molar-refractivity contribution in [2.24, 2.45) is 7.05 Å². The first-order chi connectivity index (χ1) is 16.3. The number of H-pyrrole nitrogens is 1. The van der Waals surface area contributed by atoms with Crippen LogP contribution in [0.5, 0.6) is 0 Å². The van der Waals surface area contributed by atoms with Crippen molar-refractivity contribution in [2.45, 2.75) is 31.5 Å². The Balaban J connectivity index is 1.72. The van der Waals surface area contributed by atoms with Gasteiger partial charge in [-0.05, 0) is 37.1 Å². The van der Waals surface area contributed by atoms with E-state index in [9.17, 15) is 22.4 Å². The third-order valence-electron chi connectivity index (χ3n) is 6.12. The highest BCUT2D eigenvalue weighted by Crippen LogP contribution is 2.45. The molecule has 0 atom stereocenters. The highest BCUT2D eigenvalue weighted by atomic mass is 32.2. The van der Waals surface area contributed by atoms with Gasteiger partial charge in [-0.3, -0.25) is 28.0 Å². The van der Waals surface area contributed by atoms with Crippen LogP contribution in [0.2, 0.25) is 0 Å². The zero-order chi connectivity index (χ0) is 24.0. The second-order valence-corrected chi connectivity index (χ2v) is 9.33. The molecular weight excluding hydrogens is 465 g/mol. The van der Waals surface area contributed by atoms with E-state index in [0.717, 1.165) is 8.87 Å². The van der Waals surface area contributed by atoms with E-state index in [2.05, 4.69) is 15.3 Å². The van der Waals surface area contributed by atoms with E-state index in [4.69, 9.17) is 0 Å². The van der Waals surface area contributed by atoms with Gasteiger partial charge < -0.3 is 0 Å². The minimum atomic E-state index is -3.14. The Morgan fingerprint density at radius 1 is 1.18 bits per heavy atom. The predicted octanol–water partition coefficient (Wildman–Crippen LogP) is 0.551. The number of nitrogens with one attached hydrogen (secondary N) is 1. The molecule has 0 radical (unpaired) electrons. The molecule has 0 spiro atoms. The normalized spacial score (nSPS) is 14.7. The summed E-state index contributed by atoms with van der Waals surface area (Å²) in [6, 6.07) is 6.15. The van der Waals surface area contributed by atoms with E-state index >= 15 is 0 Å². The minimum absolute atomic E-state index is 0.0137. The SMILES string of the molecule is Cn1cc(Cn2c(=O)c3cc(N([SH](=O)=O)C4(CF)CC4)ccc3n(Cc3cc[nH]n3)c2=O)cn1. The molecule has 1 fully saturated rings. The molecule has 0 bridgehead atoms. The molecule has 3 aromatic heterocycles. The van der Waals surface area contributed by atoms with Crippen LogP contribution in [0.15, 0.2) is 52.4 Å². The number of nitrogens with zero attached hydrogens (tertiary/aromatic N) is 6. The van der Waals surface area contributed by atoms with Crippen molar-refractivity contribution in [3.05, 3.63) is 75.0 Å². The fraction of sp³-hybridized carbons (Fsp3) is 0.333. The first-order valence-electron chi connectivity index (χ1n) is 10.6. The van der Waals surface area contributed by atoms with Gasteiger partial charge in [0.2, 0.25) is 10.9 Å². The van der Waals surface area contributed by atoms with Gasteiger partial charge in [0.1, 0.15) is 6.67 Å². The Morgan fingerprint density at radius 3 is 2.56 bits per heavy atom. The maximum Gasteiger partial charge on any atom is 0.332 e. The molecule has 5 rings (SSSR count). The highest BCUT2D eigenvalue weighted by Gasteiger charge is 2.50. The maximum atomic E-state index is 13.7. The molecule has 1 aliphatic rings. The Morgan fingerprint density at radius 2 is 1.97 bits per heavy atom. The van der Waals surface area contributed by atoms with Gasteiger partial charge in [-0.1, -0.05) is 0 Å². The van der Waals surface area contributed by atoms with Crippen LogP contribution in [-0.2, 0) is 31.0 Å². The fourth-order valence-corrected chi connectivity index (χ4v) is 5.11. The lowest BCUT2D eigenvalue weighted by atomic mass is 10.1. The van der Waals surface area contributed by atoms with Gasteiger partial charge in [0.25, 0.3) is 5.56 Å². The topological polar surface area (TPSA) is 128 Å². The molecular formula is C21H22FN7O4S. The van der Waals surface area contributed by atoms with Crippen molar-refractivity contribution in [3.63, 3.8) is 0 Å². The number of benzene rings is 1. The average molecular weight is 488 g/mol. The lowest BCUT2D eigenvalue weighted by Gasteiger charge is -2.26. The molecule has 0 aliphatic heterocycles. The maximum absolute atomic E-state index is 13.7. The van der Waals surface area contributed by atoms with Gasteiger partial charge in [-0.15, -0.1) is 0 Å². The molecule has 1 saturated carbocycles. The number of anilines is 1. The van der Waals surface area contributed by atoms with Crippen LogP contribution in [0.4, 0.5) is 10.1 Å². The zero-order valence-electron chi connectivity index (χ0n) is 18.2. The summed E-state index contributed by atoms with van der Waals surface area (Å²) < 4.78 is 42.9. The molecule has 34 heavy (non-hydrogen) atoms. The Hall–Kier alpha value is -3.74. The van der Waals surface area contributed by atoms with Crippen LogP contribution in [0.1, 0.15) is 24.1 Å². The van der Waals surface area contributed by atoms with Crippen molar-refractivity contribution >= 4 is 27.5 Å². The lowest BCUT2D eigenvalue weighted by molar-refractivity contribution is 0.417. The molecule has 1 aromatic carbocycles. The molecule has 1 aliphatic carbocycles. The van der Waals surface area contributed by atoms with E-state index in [-0.39, 0.29) is 24.2 Å². The number of rotatable bonds is 8. The summed E-state index contributed by atoms with van der Waals surface area (Å²) >= 11 is 0. The van der Waals surface area contributed by atoms with Crippen molar-refractivity contribution in [1.29, 1.82) is 0 Å². The van der Waals surface area contributed by atoms with Gasteiger partial charge in [0.15, 0.2) is 0 Å². The highest BCUT2D eigenvalue weighted by molar-refractivity contribution is 7.74. The van der Waals surface area contributed by atoms with Gasteiger partial charge in [0, 0.05) is 25.0 Å². The van der Waals surface area contributed by atoms with Gasteiger partial charge in [0.05, 0.1) is 47.1 Å². The summed E-state index contributed by atoms with van der Waals surface area (Å²) in [5.74, 6) is 0. The number of thiol groups is 1. The summed E-state index contributed by atoms with van der Waals surface area (Å²) in [7, 11) is -1.41. The van der Waals surface area contributed by atoms with Crippen LogP contribution in [0.3, 0.4) is 0 Å². The van der Waals surface area contributed by atoms with E-state index in [1.807, 2.05) is 0 Å². The molecule has 0 unspecified atom stereocenters. The first-order valence-corrected chi connectivity index (χ1v) is 11.7. The number of fused-ring (bicyclic) bond motifs is 1. The Kier molecular flexibility index (Phi) is 5.35. The Labute approximate surface area is 194 Å². The summed E-state index contributed by atoms with van der Waals surface area (Å²) in [6.07, 6.45) is 5.68. The van der Waals surface area contributed by atoms with Gasteiger partial charge >= 0.3 is 5.69 Å². The molecule has 11 nitrogen and oxygen atoms in total. The third kappa shape index (κ3) is 3.71. The number of hydrogen-bond acceptors (Lipinski definition) is 6. The van der Waals surface area contributed by atoms with E-state index < -0.39 is 34.4 Å². The van der Waals surface area contributed by atoms with Crippen LogP contribution in [-0.4, -0.2) is 49.7 Å². The molecule has 3 heterocycles. The van der Waals surface area contributed by atoms with Crippen molar-refractivity contribution in [3.8, 4) is 0 Å². The number of hydrogen-bond donors (Lipinski definition) is 2. The number of halogens is 1. The number of alkyl halides is 1. The largest absolute Gasteiger partial charge is 0.332 e. The van der Waals surface area contributed by atoms with Crippen LogP contribution < -0.4 is 15.6 Å². The van der Waals surface area contributed by atoms with Gasteiger partial charge in [-0.25, -0.2) is 17.6 Å². The molecule has 1 N–H and O–H groups in total. The monoisotopic (exact) mass is 487 g/mol. The van der Waals surface area contributed by atoms with Gasteiger partial charge in [-0.2, -0.15) is 10.2 Å². The van der Waals surface area contributed by atoms with Crippen molar-refractivity contribution < 1.29 is 12.8 Å². The summed E-state index contributed by atoms with van der Waals surface area (Å²) in [4.78, 5) is 26.8. The summed E-state index contributed by atoms with van der Waals surface area (Å²) in [5.41, 5.74) is -0.466. The average Bonchev–Trinajstić information content (AvgIpc) is 3.20. The van der Waals surface area contributed by atoms with Crippen LogP contribution >= 0.6 is 0 Å². The predicted molar refractivity (Wildman–Crippen MR) is 123 cm³/mol. The first kappa shape index (κ1) is 22.1. The fourth-order valence-electron chi connectivity index (χ4n) is 4.20. The second-order valence-electron chi connectivity index (χ2n) is 8.46. The quantitative estimate of drug-likeness (QED) is 0.350. The third-order valence-corrected chi connectivity index (χ3v) is 7.10. The van der Waals surface area contributed by atoms with Crippen LogP contribution in [0, 0.1) is 0 Å². The van der Waals surface area contributed by atoms with E-state index in [1.54, 1.807) is 36.4 Å². The number of aromatic amines is 1. The summed E-state index contributed by atoms with van der Waals surface area (Å²) in [6.45, 7) is -0.738. The summed E-state index contributed by atoms with van der Waals surface area (Å²) in [5, 5.41) is 11.0. The molecule has 4 aromatic rings. The smallest absolute Gasteiger partial charge is 0.287 e.